The van der Waals surface area contributed by atoms with E-state index < -0.39 is 11.6 Å². The zero-order valence-electron chi connectivity index (χ0n) is 19.0. The average Bonchev–Trinajstić information content (AvgIpc) is 3.41. The lowest BCUT2D eigenvalue weighted by molar-refractivity contribution is -0.127. The van der Waals surface area contributed by atoms with E-state index in [1.165, 1.54) is 31.4 Å². The summed E-state index contributed by atoms with van der Waals surface area (Å²) in [5, 5.41) is 6.44. The van der Waals surface area contributed by atoms with Crippen molar-refractivity contribution in [2.24, 2.45) is 0 Å². The molecule has 1 saturated carbocycles. The van der Waals surface area contributed by atoms with Gasteiger partial charge in [-0.2, -0.15) is 4.98 Å². The predicted octanol–water partition coefficient (Wildman–Crippen LogP) is 3.56. The third-order valence-corrected chi connectivity index (χ3v) is 6.52. The van der Waals surface area contributed by atoms with Crippen LogP contribution in [0.25, 0.3) is 11.2 Å². The Bertz CT molecular complexity index is 1180. The van der Waals surface area contributed by atoms with Gasteiger partial charge in [-0.05, 0) is 31.4 Å². The number of aromatic nitrogens is 4. The number of amides is 1. The summed E-state index contributed by atoms with van der Waals surface area (Å²) in [5.41, 5.74) is 1.29. The maximum Gasteiger partial charge on any atom is 0.224 e. The summed E-state index contributed by atoms with van der Waals surface area (Å²) in [6.45, 7) is 2.69. The minimum Gasteiger partial charge on any atom is -0.412 e. The zero-order valence-corrected chi connectivity index (χ0v) is 19.0. The van der Waals surface area contributed by atoms with Crippen LogP contribution in [0.3, 0.4) is 0 Å². The molecular weight excluding hydrogens is 444 g/mol. The number of hydrogen-bond donors (Lipinski definition) is 2. The van der Waals surface area contributed by atoms with Gasteiger partial charge < -0.3 is 21.0 Å². The number of nitrogens with one attached hydrogen (secondary N) is 2. The van der Waals surface area contributed by atoms with Gasteiger partial charge in [-0.1, -0.05) is 19.3 Å². The molecule has 0 spiro atoms. The Balaban J connectivity index is 0.00000274. The van der Waals surface area contributed by atoms with Crippen LogP contribution in [0.15, 0.2) is 24.4 Å². The Morgan fingerprint density at radius 2 is 1.91 bits per heavy atom. The molecule has 1 aliphatic carbocycles. The van der Waals surface area contributed by atoms with E-state index in [2.05, 4.69) is 20.6 Å². The average molecular weight is 474 g/mol. The van der Waals surface area contributed by atoms with Crippen LogP contribution in [0.1, 0.15) is 51.5 Å². The number of rotatable bonds is 5. The molecule has 1 atom stereocenters. The van der Waals surface area contributed by atoms with E-state index in [1.54, 1.807) is 18.0 Å². The largest absolute Gasteiger partial charge is 0.412 e. The molecule has 34 heavy (non-hydrogen) atoms. The third kappa shape index (κ3) is 4.79. The van der Waals surface area contributed by atoms with Crippen molar-refractivity contribution in [1.82, 2.24) is 24.4 Å². The van der Waals surface area contributed by atoms with E-state index in [0.29, 0.717) is 42.2 Å². The molecule has 3 aromatic rings. The van der Waals surface area contributed by atoms with E-state index in [1.807, 2.05) is 4.57 Å². The highest BCUT2D eigenvalue weighted by Gasteiger charge is 2.30. The van der Waals surface area contributed by atoms with Crippen molar-refractivity contribution in [2.75, 3.05) is 23.7 Å². The van der Waals surface area contributed by atoms with Crippen molar-refractivity contribution in [3.05, 3.63) is 36.0 Å². The van der Waals surface area contributed by atoms with Crippen LogP contribution >= 0.6 is 0 Å². The van der Waals surface area contributed by atoms with Crippen molar-refractivity contribution in [3.8, 4) is 0 Å². The number of imidazole rings is 1. The number of nitrogens with zero attached hydrogens (tertiary/aromatic N) is 5. The summed E-state index contributed by atoms with van der Waals surface area (Å²) in [7, 11) is 0. The second kappa shape index (κ2) is 9.88. The summed E-state index contributed by atoms with van der Waals surface area (Å²) in [6.07, 6.45) is 8.21. The Kier molecular flexibility index (Phi) is 6.92. The first-order valence-corrected chi connectivity index (χ1v) is 11.5. The summed E-state index contributed by atoms with van der Waals surface area (Å²) in [6, 6.07) is 3.62. The molecule has 0 bridgehead atoms. The fourth-order valence-corrected chi connectivity index (χ4v) is 4.77. The molecule has 1 saturated heterocycles. The minimum atomic E-state index is -0.712. The fourth-order valence-electron chi connectivity index (χ4n) is 4.77. The van der Waals surface area contributed by atoms with E-state index in [-0.39, 0.29) is 23.1 Å². The van der Waals surface area contributed by atoms with Gasteiger partial charge in [0, 0.05) is 32.1 Å². The molecule has 1 aliphatic heterocycles. The highest BCUT2D eigenvalue weighted by Crippen LogP contribution is 2.32. The lowest BCUT2D eigenvalue weighted by Gasteiger charge is -2.22. The van der Waals surface area contributed by atoms with Crippen molar-refractivity contribution in [3.63, 3.8) is 0 Å². The first-order valence-electron chi connectivity index (χ1n) is 11.5. The number of carbonyl (C=O) groups is 1. The van der Waals surface area contributed by atoms with E-state index in [0.717, 1.165) is 25.3 Å². The van der Waals surface area contributed by atoms with Crippen molar-refractivity contribution in [2.45, 2.75) is 57.5 Å². The van der Waals surface area contributed by atoms with Crippen LogP contribution in [0, 0.1) is 11.6 Å². The van der Waals surface area contributed by atoms with Crippen LogP contribution < -0.4 is 10.6 Å². The fraction of sp³-hybridized carbons (Fsp3) is 0.478. The molecule has 3 heterocycles. The van der Waals surface area contributed by atoms with Gasteiger partial charge in [-0.3, -0.25) is 9.36 Å². The van der Waals surface area contributed by atoms with Crippen LogP contribution in [-0.4, -0.2) is 54.9 Å². The molecule has 2 fully saturated rings. The molecule has 182 valence electrons. The minimum absolute atomic E-state index is 0. The topological polar surface area (TPSA) is 119 Å². The number of likely N-dealkylation sites (tertiary alicyclic amines) is 1. The molecule has 11 heteroatoms. The summed E-state index contributed by atoms with van der Waals surface area (Å²) < 4.78 is 29.7. The van der Waals surface area contributed by atoms with E-state index >= 15 is 0 Å². The van der Waals surface area contributed by atoms with Crippen molar-refractivity contribution < 1.29 is 19.1 Å². The highest BCUT2D eigenvalue weighted by molar-refractivity contribution is 5.77. The van der Waals surface area contributed by atoms with Crippen LogP contribution in [0.4, 0.5) is 26.4 Å². The number of hydrogen-bond acceptors (Lipinski definition) is 6. The number of fused-ring (bicyclic) bond motifs is 1. The zero-order chi connectivity index (χ0) is 22.9. The normalized spacial score (nSPS) is 18.7. The van der Waals surface area contributed by atoms with Crippen LogP contribution in [-0.2, 0) is 4.79 Å². The van der Waals surface area contributed by atoms with Crippen LogP contribution in [0.2, 0.25) is 0 Å². The maximum atomic E-state index is 14.4. The standard InChI is InChI=1S/C23H27F2N7O.H2O/c1-14(33)31-10-9-17(13-31)32-21-20(12-26-22(30-21)27-16-5-3-2-4-6-16)29-23(32)28-19-8-7-15(24)11-18(19)25;/h7-8,11-12,16-17H,2-6,9-10,13H2,1H3,(H,28,29)(H,26,27,30);1H2/t17-;/m1./s1. The summed E-state index contributed by atoms with van der Waals surface area (Å²) >= 11 is 0. The van der Waals surface area contributed by atoms with Gasteiger partial charge in [-0.15, -0.1) is 0 Å². The van der Waals surface area contributed by atoms with Gasteiger partial charge in [0.15, 0.2) is 5.65 Å². The molecular formula is C23H29F2N7O2. The molecule has 1 aromatic carbocycles. The van der Waals surface area contributed by atoms with Crippen molar-refractivity contribution >= 4 is 34.7 Å². The Hall–Kier alpha value is -3.34. The second-order valence-electron chi connectivity index (χ2n) is 8.84. The molecule has 2 aliphatic rings. The third-order valence-electron chi connectivity index (χ3n) is 6.52. The van der Waals surface area contributed by atoms with E-state index in [9.17, 15) is 13.6 Å². The highest BCUT2D eigenvalue weighted by atomic mass is 19.1. The lowest BCUT2D eigenvalue weighted by Crippen LogP contribution is -2.26. The van der Waals surface area contributed by atoms with Gasteiger partial charge in [0.2, 0.25) is 17.8 Å². The molecule has 5 rings (SSSR count). The van der Waals surface area contributed by atoms with Crippen molar-refractivity contribution in [1.29, 1.82) is 0 Å². The summed E-state index contributed by atoms with van der Waals surface area (Å²) in [5.74, 6) is -0.429. The van der Waals surface area contributed by atoms with Gasteiger partial charge >= 0.3 is 0 Å². The first-order chi connectivity index (χ1) is 16.0. The number of anilines is 3. The number of benzene rings is 1. The van der Waals surface area contributed by atoms with Crippen LogP contribution in [0.5, 0.6) is 0 Å². The first kappa shape index (κ1) is 23.8. The Labute approximate surface area is 195 Å². The molecule has 9 nitrogen and oxygen atoms in total. The SMILES string of the molecule is CC(=O)N1CC[C@@H](n2c(Nc3ccc(F)cc3F)nc3cnc(NC4CCCCC4)nc32)C1.O. The van der Waals surface area contributed by atoms with Gasteiger partial charge in [-0.25, -0.2) is 18.7 Å². The smallest absolute Gasteiger partial charge is 0.224 e. The molecule has 2 aromatic heterocycles. The van der Waals surface area contributed by atoms with Gasteiger partial charge in [0.05, 0.1) is 17.9 Å². The second-order valence-corrected chi connectivity index (χ2v) is 8.84. The number of halogens is 2. The van der Waals surface area contributed by atoms with Gasteiger partial charge in [0.1, 0.15) is 17.2 Å². The molecule has 1 amide bonds. The molecule has 4 N–H and O–H groups in total. The number of carbonyl (C=O) groups excluding carboxylic acids is 1. The Morgan fingerprint density at radius 1 is 1.12 bits per heavy atom. The quantitative estimate of drug-likeness (QED) is 0.585. The molecule has 0 unspecified atom stereocenters. The Morgan fingerprint density at radius 3 is 2.62 bits per heavy atom. The van der Waals surface area contributed by atoms with E-state index in [4.69, 9.17) is 4.98 Å². The molecule has 0 radical (unpaired) electrons. The predicted molar refractivity (Wildman–Crippen MR) is 125 cm³/mol. The monoisotopic (exact) mass is 473 g/mol. The maximum absolute atomic E-state index is 14.4. The lowest BCUT2D eigenvalue weighted by atomic mass is 9.96. The summed E-state index contributed by atoms with van der Waals surface area (Å²) in [4.78, 5) is 27.5. The van der Waals surface area contributed by atoms with Gasteiger partial charge in [0.25, 0.3) is 0 Å².